The van der Waals surface area contributed by atoms with Gasteiger partial charge in [-0.05, 0) is 31.2 Å². The van der Waals surface area contributed by atoms with E-state index in [1.165, 1.54) is 31.2 Å². The van der Waals surface area contributed by atoms with E-state index in [0.717, 1.165) is 17.1 Å². The van der Waals surface area contributed by atoms with E-state index >= 15 is 0 Å². The van der Waals surface area contributed by atoms with E-state index in [4.69, 9.17) is 16.7 Å². The summed E-state index contributed by atoms with van der Waals surface area (Å²) in [6.45, 7) is 0.930. The van der Waals surface area contributed by atoms with Crippen molar-refractivity contribution in [1.82, 2.24) is 4.72 Å². The number of hydrazone groups is 1. The van der Waals surface area contributed by atoms with E-state index in [2.05, 4.69) is 20.1 Å². The highest BCUT2D eigenvalue weighted by Crippen LogP contribution is 2.39. The molecule has 0 bridgehead atoms. The van der Waals surface area contributed by atoms with E-state index in [-0.39, 0.29) is 40.2 Å². The Hall–Kier alpha value is -3.46. The van der Waals surface area contributed by atoms with Gasteiger partial charge in [-0.25, -0.2) is 13.1 Å². The third kappa shape index (κ3) is 5.14. The summed E-state index contributed by atoms with van der Waals surface area (Å²) in [5.41, 5.74) is -0.623. The smallest absolute Gasteiger partial charge is 0.314 e. The summed E-state index contributed by atoms with van der Waals surface area (Å²) < 4.78 is 26.8. The van der Waals surface area contributed by atoms with Crippen molar-refractivity contribution in [3.8, 4) is 5.75 Å². The number of sulfonamides is 1. The zero-order chi connectivity index (χ0) is 24.3. The molecule has 0 saturated carbocycles. The summed E-state index contributed by atoms with van der Waals surface area (Å²) in [7, 11) is -3.92. The van der Waals surface area contributed by atoms with Crippen LogP contribution in [0.4, 0.5) is 17.1 Å². The van der Waals surface area contributed by atoms with Gasteiger partial charge in [-0.15, -0.1) is 0 Å². The maximum Gasteiger partial charge on any atom is 0.314 e. The maximum atomic E-state index is 12.9. The number of hydrogen-bond donors (Lipinski definition) is 3. The Balaban J connectivity index is 1.88. The van der Waals surface area contributed by atoms with E-state index < -0.39 is 38.3 Å². The molecule has 2 aromatic carbocycles. The Morgan fingerprint density at radius 2 is 2.06 bits per heavy atom. The zero-order valence-electron chi connectivity index (χ0n) is 16.9. The van der Waals surface area contributed by atoms with Gasteiger partial charge >= 0.3 is 5.69 Å². The van der Waals surface area contributed by atoms with Gasteiger partial charge in [0.1, 0.15) is 5.69 Å². The quantitative estimate of drug-likeness (QED) is 0.283. The fourth-order valence-electron chi connectivity index (χ4n) is 2.83. The van der Waals surface area contributed by atoms with Gasteiger partial charge in [0.05, 0.1) is 27.8 Å². The van der Waals surface area contributed by atoms with Gasteiger partial charge in [0.2, 0.25) is 15.8 Å². The minimum atomic E-state index is -3.92. The summed E-state index contributed by atoms with van der Waals surface area (Å²) >= 11 is 5.82. The van der Waals surface area contributed by atoms with Crippen LogP contribution in [-0.4, -0.2) is 54.4 Å². The summed E-state index contributed by atoms with van der Waals surface area (Å²) in [5.74, 6) is -1.43. The Kier molecular flexibility index (Phi) is 7.02. The first kappa shape index (κ1) is 24.2. The molecular formula is C18H17ClN6O7S. The summed E-state index contributed by atoms with van der Waals surface area (Å²) in [4.78, 5) is 22.9. The number of amides is 1. The second-order valence-corrected chi connectivity index (χ2v) is 8.88. The van der Waals surface area contributed by atoms with Crippen LogP contribution in [0.25, 0.3) is 0 Å². The fourth-order valence-corrected chi connectivity index (χ4v) is 4.09. The van der Waals surface area contributed by atoms with Crippen molar-refractivity contribution in [2.24, 2.45) is 15.3 Å². The summed E-state index contributed by atoms with van der Waals surface area (Å²) in [6, 6.07) is 6.29. The summed E-state index contributed by atoms with van der Waals surface area (Å²) in [5, 5.41) is 42.5. The molecule has 1 aliphatic heterocycles. The number of nitrogens with one attached hydrogen (secondary N) is 1. The highest BCUT2D eigenvalue weighted by Gasteiger charge is 2.35. The molecule has 3 N–H and O–H groups in total. The highest BCUT2D eigenvalue weighted by molar-refractivity contribution is 7.89. The number of aromatic hydroxyl groups is 1. The molecule has 0 spiro atoms. The number of hydrogen-bond acceptors (Lipinski definition) is 10. The van der Waals surface area contributed by atoms with E-state index in [1.807, 2.05) is 0 Å². The van der Waals surface area contributed by atoms with Crippen LogP contribution in [0.1, 0.15) is 6.92 Å². The first-order valence-electron chi connectivity index (χ1n) is 9.22. The molecule has 3 rings (SSSR count). The number of benzene rings is 2. The van der Waals surface area contributed by atoms with Crippen molar-refractivity contribution in [1.29, 1.82) is 0 Å². The Morgan fingerprint density at radius 1 is 1.33 bits per heavy atom. The molecule has 0 saturated heterocycles. The number of phenolic OH excluding ortho intramolecular Hbond substituents is 1. The number of aliphatic hydroxyl groups excluding tert-OH is 1. The van der Waals surface area contributed by atoms with E-state index in [0.29, 0.717) is 0 Å². The predicted molar refractivity (Wildman–Crippen MR) is 117 cm³/mol. The van der Waals surface area contributed by atoms with Gasteiger partial charge < -0.3 is 10.2 Å². The number of carbonyl (C=O) groups excluding carboxylic acids is 1. The number of azo groups is 1. The van der Waals surface area contributed by atoms with Crippen molar-refractivity contribution in [2.75, 3.05) is 18.2 Å². The van der Waals surface area contributed by atoms with Crippen molar-refractivity contribution in [2.45, 2.75) is 17.9 Å². The van der Waals surface area contributed by atoms with Crippen LogP contribution in [0.3, 0.4) is 0 Å². The number of rotatable bonds is 8. The SMILES string of the molecule is CC1=NN(c2cccc(S(=O)(=O)NCCO)c2)C(=O)C1N=Nc1cc(Cl)cc([N+](=O)[O-])c1O. The van der Waals surface area contributed by atoms with Gasteiger partial charge in [-0.1, -0.05) is 17.7 Å². The molecule has 1 atom stereocenters. The molecule has 1 heterocycles. The Morgan fingerprint density at radius 3 is 2.73 bits per heavy atom. The molecule has 13 nitrogen and oxygen atoms in total. The first-order chi connectivity index (χ1) is 15.5. The van der Waals surface area contributed by atoms with Crippen LogP contribution >= 0.6 is 11.6 Å². The molecule has 174 valence electrons. The fraction of sp³-hybridized carbons (Fsp3) is 0.222. The second-order valence-electron chi connectivity index (χ2n) is 6.68. The normalized spacial score (nSPS) is 16.5. The lowest BCUT2D eigenvalue weighted by Gasteiger charge is -2.14. The van der Waals surface area contributed by atoms with E-state index in [9.17, 15) is 28.4 Å². The number of nitro benzene ring substituents is 1. The number of nitro groups is 1. The van der Waals surface area contributed by atoms with Crippen molar-refractivity contribution in [3.63, 3.8) is 0 Å². The number of phenols is 1. The lowest BCUT2D eigenvalue weighted by Crippen LogP contribution is -2.30. The molecule has 1 unspecified atom stereocenters. The zero-order valence-corrected chi connectivity index (χ0v) is 18.5. The van der Waals surface area contributed by atoms with Gasteiger partial charge in [0, 0.05) is 17.6 Å². The number of anilines is 1. The number of aliphatic hydroxyl groups is 1. The van der Waals surface area contributed by atoms with E-state index in [1.54, 1.807) is 0 Å². The first-order valence-corrected chi connectivity index (χ1v) is 11.1. The number of nitrogens with zero attached hydrogens (tertiary/aromatic N) is 5. The lowest BCUT2D eigenvalue weighted by molar-refractivity contribution is -0.385. The minimum absolute atomic E-state index is 0.0638. The van der Waals surface area contributed by atoms with Crippen LogP contribution in [-0.2, 0) is 14.8 Å². The molecule has 0 fully saturated rings. The monoisotopic (exact) mass is 496 g/mol. The van der Waals surface area contributed by atoms with Crippen molar-refractivity contribution >= 4 is 50.3 Å². The Labute approximate surface area is 192 Å². The molecular weight excluding hydrogens is 480 g/mol. The van der Waals surface area contributed by atoms with Gasteiger partial charge in [-0.2, -0.15) is 20.3 Å². The Bertz CT molecular complexity index is 1280. The molecule has 2 aromatic rings. The van der Waals surface area contributed by atoms with Crippen LogP contribution in [0.5, 0.6) is 5.75 Å². The lowest BCUT2D eigenvalue weighted by atomic mass is 10.2. The van der Waals surface area contributed by atoms with Crippen LogP contribution in [0.15, 0.2) is 56.6 Å². The average molecular weight is 497 g/mol. The van der Waals surface area contributed by atoms with Crippen LogP contribution in [0, 0.1) is 10.1 Å². The van der Waals surface area contributed by atoms with Crippen LogP contribution < -0.4 is 9.73 Å². The molecule has 1 amide bonds. The molecule has 0 radical (unpaired) electrons. The molecule has 0 aliphatic carbocycles. The predicted octanol–water partition coefficient (Wildman–Crippen LogP) is 2.10. The number of carbonyl (C=O) groups is 1. The molecule has 0 aromatic heterocycles. The maximum absolute atomic E-state index is 12.9. The average Bonchev–Trinajstić information content (AvgIpc) is 3.06. The second kappa shape index (κ2) is 9.58. The minimum Gasteiger partial charge on any atom is -0.501 e. The summed E-state index contributed by atoms with van der Waals surface area (Å²) in [6.07, 6.45) is 0. The standard InChI is InChI=1S/C18H17ClN6O7S/c1-10-16(22-21-14-7-11(19)8-15(17(14)27)25(29)30)18(28)24(23-10)12-3-2-4-13(9-12)33(31,32)20-5-6-26/h2-4,7-9,16,20,26-27H,5-6H2,1H3. The van der Waals surface area contributed by atoms with Crippen molar-refractivity contribution in [3.05, 3.63) is 51.5 Å². The van der Waals surface area contributed by atoms with Gasteiger partial charge in [0.25, 0.3) is 5.91 Å². The largest absolute Gasteiger partial charge is 0.501 e. The molecule has 15 heteroatoms. The third-order valence-electron chi connectivity index (χ3n) is 4.38. The molecule has 1 aliphatic rings. The van der Waals surface area contributed by atoms with Crippen molar-refractivity contribution < 1.29 is 28.3 Å². The number of halogens is 1. The van der Waals surface area contributed by atoms with Crippen LogP contribution in [0.2, 0.25) is 5.02 Å². The van der Waals surface area contributed by atoms with Gasteiger partial charge in [0.15, 0.2) is 6.04 Å². The third-order valence-corrected chi connectivity index (χ3v) is 6.06. The topological polar surface area (TPSA) is 187 Å². The van der Waals surface area contributed by atoms with Gasteiger partial charge in [-0.3, -0.25) is 14.9 Å². The molecule has 33 heavy (non-hydrogen) atoms. The highest BCUT2D eigenvalue weighted by atomic mass is 35.5.